The van der Waals surface area contributed by atoms with Gasteiger partial charge in [0.15, 0.2) is 0 Å². The summed E-state index contributed by atoms with van der Waals surface area (Å²) in [5.41, 5.74) is 3.67. The molecule has 1 rings (SSSR count). The molecule has 0 aliphatic rings. The Labute approximate surface area is 116 Å². The molecule has 1 nitrogen and oxygen atoms in total. The Bertz CT molecular complexity index is 460. The molecule has 0 unspecified atom stereocenters. The zero-order valence-electron chi connectivity index (χ0n) is 9.36. The van der Waals surface area contributed by atoms with Crippen LogP contribution in [0.5, 0.6) is 0 Å². The first-order chi connectivity index (χ1) is 8.00. The van der Waals surface area contributed by atoms with Crippen molar-refractivity contribution in [2.24, 2.45) is 5.73 Å². The number of hydrogen-bond acceptors (Lipinski definition) is 1. The number of hydrogen-bond donors (Lipinski definition) is 1. The second-order valence-electron chi connectivity index (χ2n) is 3.69. The van der Waals surface area contributed by atoms with Crippen molar-refractivity contribution in [1.29, 1.82) is 0 Å². The zero-order chi connectivity index (χ0) is 14.3. The van der Waals surface area contributed by atoms with Crippen molar-refractivity contribution in [2.45, 2.75) is 25.1 Å². The molecular weight excluding hydrogens is 319 g/mol. The second-order valence-corrected chi connectivity index (χ2v) is 4.10. The highest BCUT2D eigenvalue weighted by Crippen LogP contribution is 2.45. The molecule has 0 aromatic heterocycles. The number of nitrogens with two attached hydrogens (primary N) is 1. The van der Waals surface area contributed by atoms with Gasteiger partial charge in [-0.3, -0.25) is 0 Å². The smallest absolute Gasteiger partial charge is 0.319 e. The van der Waals surface area contributed by atoms with E-state index in [1.165, 1.54) is 6.92 Å². The fraction of sp³-hybridized carbons (Fsp3) is 0.400. The first kappa shape index (κ1) is 18.3. The van der Waals surface area contributed by atoms with E-state index >= 15 is 0 Å². The van der Waals surface area contributed by atoms with Gasteiger partial charge in [0.2, 0.25) is 0 Å². The molecule has 0 radical (unpaired) electrons. The van der Waals surface area contributed by atoms with Crippen LogP contribution in [0.15, 0.2) is 12.1 Å². The Morgan fingerprint density at radius 1 is 1.16 bits per heavy atom. The van der Waals surface area contributed by atoms with E-state index in [1.807, 2.05) is 0 Å². The van der Waals surface area contributed by atoms with Crippen LogP contribution in [0.25, 0.3) is 0 Å². The third-order valence-electron chi connectivity index (χ3n) is 2.40. The summed E-state index contributed by atoms with van der Waals surface area (Å²) in [4.78, 5) is 0. The Kier molecular flexibility index (Phi) is 5.56. The first-order valence-electron chi connectivity index (χ1n) is 4.64. The molecule has 19 heavy (non-hydrogen) atoms. The van der Waals surface area contributed by atoms with Crippen LogP contribution in [0.3, 0.4) is 0 Å². The van der Waals surface area contributed by atoms with Crippen molar-refractivity contribution in [3.63, 3.8) is 0 Å². The van der Waals surface area contributed by atoms with E-state index in [-0.39, 0.29) is 18.0 Å². The lowest BCUT2D eigenvalue weighted by molar-refractivity contribution is -0.291. The predicted octanol–water partition coefficient (Wildman–Crippen LogP) is 4.41. The third kappa shape index (κ3) is 3.27. The quantitative estimate of drug-likeness (QED) is 0.800. The largest absolute Gasteiger partial charge is 0.455 e. The Hall–Kier alpha value is -0.660. The highest BCUT2D eigenvalue weighted by molar-refractivity contribution is 6.31. The second kappa shape index (κ2) is 5.76. The van der Waals surface area contributed by atoms with Gasteiger partial charge < -0.3 is 5.73 Å². The van der Waals surface area contributed by atoms with E-state index in [9.17, 15) is 26.3 Å². The van der Waals surface area contributed by atoms with Crippen molar-refractivity contribution in [3.8, 4) is 0 Å². The first-order valence-corrected chi connectivity index (χ1v) is 5.02. The van der Waals surface area contributed by atoms with E-state index in [0.717, 1.165) is 12.1 Å². The van der Waals surface area contributed by atoms with E-state index in [4.69, 9.17) is 17.3 Å². The fourth-order valence-electron chi connectivity index (χ4n) is 1.32. The zero-order valence-corrected chi connectivity index (χ0v) is 10.9. The molecule has 9 heteroatoms. The molecule has 0 saturated carbocycles. The number of rotatable bonds is 2. The van der Waals surface area contributed by atoms with Gasteiger partial charge in [0.25, 0.3) is 0 Å². The van der Waals surface area contributed by atoms with Crippen LogP contribution >= 0.6 is 24.0 Å². The summed E-state index contributed by atoms with van der Waals surface area (Å²) in [5, 5.41) is -0.575. The van der Waals surface area contributed by atoms with Crippen molar-refractivity contribution in [3.05, 3.63) is 34.1 Å². The number of halogens is 8. The number of aryl methyl sites for hydroxylation is 1. The van der Waals surface area contributed by atoms with Crippen molar-refractivity contribution in [2.75, 3.05) is 0 Å². The summed E-state index contributed by atoms with van der Waals surface area (Å²) in [5.74, 6) is -6.54. The summed E-state index contributed by atoms with van der Waals surface area (Å²) < 4.78 is 76.0. The molecule has 0 heterocycles. The van der Waals surface area contributed by atoms with E-state index in [0.29, 0.717) is 0 Å². The molecule has 0 fully saturated rings. The molecule has 2 N–H and O–H groups in total. The molecule has 0 aliphatic heterocycles. The predicted molar refractivity (Wildman–Crippen MR) is 61.3 cm³/mol. The summed E-state index contributed by atoms with van der Waals surface area (Å²) >= 11 is 5.43. The van der Waals surface area contributed by atoms with Crippen LogP contribution in [-0.2, 0) is 0 Å². The lowest BCUT2D eigenvalue weighted by Gasteiger charge is -2.27. The molecule has 0 amide bonds. The molecule has 1 aromatic carbocycles. The van der Waals surface area contributed by atoms with Crippen LogP contribution in [0.4, 0.5) is 26.3 Å². The number of alkyl halides is 5. The van der Waals surface area contributed by atoms with Gasteiger partial charge in [-0.25, -0.2) is 4.39 Å². The molecule has 1 atom stereocenters. The van der Waals surface area contributed by atoms with Gasteiger partial charge in [0, 0.05) is 10.6 Å². The van der Waals surface area contributed by atoms with Crippen LogP contribution in [0.1, 0.15) is 17.2 Å². The van der Waals surface area contributed by atoms with Crippen LogP contribution in [-0.4, -0.2) is 12.1 Å². The van der Waals surface area contributed by atoms with Crippen molar-refractivity contribution in [1.82, 2.24) is 0 Å². The Balaban J connectivity index is 0.00000324. The fourth-order valence-corrected chi connectivity index (χ4v) is 1.58. The minimum Gasteiger partial charge on any atom is -0.319 e. The van der Waals surface area contributed by atoms with Crippen LogP contribution in [0, 0.1) is 12.7 Å². The minimum absolute atomic E-state index is 0. The highest BCUT2D eigenvalue weighted by Gasteiger charge is 2.62. The molecule has 0 bridgehead atoms. The van der Waals surface area contributed by atoms with Crippen LogP contribution < -0.4 is 5.73 Å². The Morgan fingerprint density at radius 2 is 1.63 bits per heavy atom. The average Bonchev–Trinajstić information content (AvgIpc) is 2.22. The number of benzene rings is 1. The monoisotopic (exact) mass is 327 g/mol. The SMILES string of the molecule is Cc1ccc(Cl)c([C@H](N)C(F)(F)C(F)(F)F)c1F.Cl. The minimum atomic E-state index is -5.88. The Morgan fingerprint density at radius 3 is 2.05 bits per heavy atom. The van der Waals surface area contributed by atoms with Gasteiger partial charge in [0.05, 0.1) is 0 Å². The topological polar surface area (TPSA) is 26.0 Å². The molecule has 0 aliphatic carbocycles. The average molecular weight is 328 g/mol. The normalized spacial score (nSPS) is 13.9. The van der Waals surface area contributed by atoms with Gasteiger partial charge in [0.1, 0.15) is 11.9 Å². The maximum absolute atomic E-state index is 13.6. The highest BCUT2D eigenvalue weighted by atomic mass is 35.5. The summed E-state index contributed by atoms with van der Waals surface area (Å²) in [6.45, 7) is 1.20. The summed E-state index contributed by atoms with van der Waals surface area (Å²) in [6.07, 6.45) is -5.88. The third-order valence-corrected chi connectivity index (χ3v) is 2.73. The van der Waals surface area contributed by atoms with Crippen molar-refractivity contribution < 1.29 is 26.3 Å². The standard InChI is InChI=1S/C10H8ClF6N.ClH/c1-4-2-3-5(11)6(7(4)12)8(18)9(13,14)10(15,16)17;/h2-3,8H,18H2,1H3;1H/t8-;/m0./s1. The maximum Gasteiger partial charge on any atom is 0.455 e. The lowest BCUT2D eigenvalue weighted by Crippen LogP contribution is -2.46. The van der Waals surface area contributed by atoms with Gasteiger partial charge >= 0.3 is 12.1 Å². The molecular formula is C10H9Cl2F6N. The van der Waals surface area contributed by atoms with Crippen LogP contribution in [0.2, 0.25) is 5.02 Å². The molecule has 110 valence electrons. The van der Waals surface area contributed by atoms with Gasteiger partial charge in [-0.15, -0.1) is 12.4 Å². The van der Waals surface area contributed by atoms with Gasteiger partial charge in [-0.1, -0.05) is 17.7 Å². The van der Waals surface area contributed by atoms with E-state index in [1.54, 1.807) is 0 Å². The van der Waals surface area contributed by atoms with Gasteiger partial charge in [-0.05, 0) is 18.6 Å². The molecule has 1 aromatic rings. The van der Waals surface area contributed by atoms with E-state index < -0.39 is 34.5 Å². The lowest BCUT2D eigenvalue weighted by atomic mass is 9.98. The maximum atomic E-state index is 13.6. The van der Waals surface area contributed by atoms with E-state index in [2.05, 4.69) is 0 Å². The molecule has 0 spiro atoms. The summed E-state index contributed by atoms with van der Waals surface area (Å²) in [6, 6.07) is -0.730. The molecule has 0 saturated heterocycles. The summed E-state index contributed by atoms with van der Waals surface area (Å²) in [7, 11) is 0. The van der Waals surface area contributed by atoms with Gasteiger partial charge in [-0.2, -0.15) is 22.0 Å². The van der Waals surface area contributed by atoms with Crippen molar-refractivity contribution >= 4 is 24.0 Å².